The Morgan fingerprint density at radius 2 is 1.94 bits per heavy atom. The average molecular weight is 234 g/mol. The Morgan fingerprint density at radius 1 is 1.29 bits per heavy atom. The van der Waals surface area contributed by atoms with Crippen LogP contribution in [0.5, 0.6) is 0 Å². The van der Waals surface area contributed by atoms with E-state index in [0.29, 0.717) is 6.61 Å². The molecule has 0 fully saturated rings. The van der Waals surface area contributed by atoms with Crippen LogP contribution in [0.1, 0.15) is 19.4 Å². The second-order valence-electron chi connectivity index (χ2n) is 3.92. The number of ether oxygens (including phenoxy) is 2. The normalized spacial score (nSPS) is 11.6. The maximum Gasteiger partial charge on any atom is 0.330 e. The SMILES string of the molecule is COC(=O)/C=C(\COC(C)C)c1ccccc1. The first-order chi connectivity index (χ1) is 8.13. The first-order valence-corrected chi connectivity index (χ1v) is 5.59. The van der Waals surface area contributed by atoms with Gasteiger partial charge in [-0.2, -0.15) is 0 Å². The summed E-state index contributed by atoms with van der Waals surface area (Å²) in [6.07, 6.45) is 1.59. The van der Waals surface area contributed by atoms with Gasteiger partial charge in [0.2, 0.25) is 0 Å². The minimum Gasteiger partial charge on any atom is -0.466 e. The Morgan fingerprint density at radius 3 is 2.47 bits per heavy atom. The van der Waals surface area contributed by atoms with Crippen LogP contribution in [0.3, 0.4) is 0 Å². The number of hydrogen-bond donors (Lipinski definition) is 0. The number of rotatable bonds is 5. The lowest BCUT2D eigenvalue weighted by Crippen LogP contribution is -2.07. The number of carbonyl (C=O) groups is 1. The van der Waals surface area contributed by atoms with Crippen LogP contribution in [0.4, 0.5) is 0 Å². The van der Waals surface area contributed by atoms with Crippen LogP contribution in [0.15, 0.2) is 36.4 Å². The van der Waals surface area contributed by atoms with E-state index in [4.69, 9.17) is 4.74 Å². The summed E-state index contributed by atoms with van der Waals surface area (Å²) in [4.78, 5) is 11.3. The molecule has 0 saturated heterocycles. The van der Waals surface area contributed by atoms with Crippen molar-refractivity contribution in [3.05, 3.63) is 42.0 Å². The molecule has 0 atom stereocenters. The third kappa shape index (κ3) is 4.83. The standard InChI is InChI=1S/C14H18O3/c1-11(2)17-10-13(9-14(15)16-3)12-7-5-4-6-8-12/h4-9,11H,10H2,1-3H3/b13-9+. The van der Waals surface area contributed by atoms with Crippen LogP contribution in [-0.2, 0) is 14.3 Å². The second kappa shape index (κ2) is 6.86. The predicted molar refractivity (Wildman–Crippen MR) is 67.5 cm³/mol. The quantitative estimate of drug-likeness (QED) is 0.580. The molecule has 0 N–H and O–H groups in total. The number of methoxy groups -OCH3 is 1. The van der Waals surface area contributed by atoms with Crippen molar-refractivity contribution >= 4 is 11.5 Å². The van der Waals surface area contributed by atoms with Gasteiger partial charge in [-0.15, -0.1) is 0 Å². The summed E-state index contributed by atoms with van der Waals surface area (Å²) >= 11 is 0. The van der Waals surface area contributed by atoms with Gasteiger partial charge in [-0.05, 0) is 25.0 Å². The third-order valence-corrected chi connectivity index (χ3v) is 2.21. The van der Waals surface area contributed by atoms with Crippen LogP contribution >= 0.6 is 0 Å². The van der Waals surface area contributed by atoms with Crippen molar-refractivity contribution < 1.29 is 14.3 Å². The maximum absolute atomic E-state index is 11.3. The van der Waals surface area contributed by atoms with E-state index in [1.807, 2.05) is 44.2 Å². The Hall–Kier alpha value is -1.61. The largest absolute Gasteiger partial charge is 0.466 e. The van der Waals surface area contributed by atoms with Crippen LogP contribution < -0.4 is 0 Å². The topological polar surface area (TPSA) is 35.5 Å². The molecule has 1 rings (SSSR count). The molecule has 17 heavy (non-hydrogen) atoms. The van der Waals surface area contributed by atoms with Crippen LogP contribution in [0.2, 0.25) is 0 Å². The summed E-state index contributed by atoms with van der Waals surface area (Å²) < 4.78 is 10.2. The molecule has 0 bridgehead atoms. The smallest absolute Gasteiger partial charge is 0.330 e. The molecule has 0 aromatic heterocycles. The minimum atomic E-state index is -0.365. The monoisotopic (exact) mass is 234 g/mol. The Bertz CT molecular complexity index is 380. The molecule has 0 aliphatic heterocycles. The fourth-order valence-electron chi connectivity index (χ4n) is 1.32. The third-order valence-electron chi connectivity index (χ3n) is 2.21. The number of esters is 1. The van der Waals surface area contributed by atoms with Gasteiger partial charge in [0.15, 0.2) is 0 Å². The lowest BCUT2D eigenvalue weighted by molar-refractivity contribution is -0.134. The highest BCUT2D eigenvalue weighted by molar-refractivity contribution is 5.91. The van der Waals surface area contributed by atoms with E-state index in [2.05, 4.69) is 4.74 Å². The number of benzene rings is 1. The van der Waals surface area contributed by atoms with Gasteiger partial charge in [-0.1, -0.05) is 30.3 Å². The molecule has 0 radical (unpaired) electrons. The van der Waals surface area contributed by atoms with E-state index >= 15 is 0 Å². The van der Waals surface area contributed by atoms with E-state index in [1.165, 1.54) is 13.2 Å². The van der Waals surface area contributed by atoms with Crippen molar-refractivity contribution in [2.75, 3.05) is 13.7 Å². The van der Waals surface area contributed by atoms with E-state index in [0.717, 1.165) is 11.1 Å². The van der Waals surface area contributed by atoms with Crippen molar-refractivity contribution in [1.29, 1.82) is 0 Å². The molecule has 0 aliphatic rings. The summed E-state index contributed by atoms with van der Waals surface area (Å²) in [5.41, 5.74) is 1.80. The molecular weight excluding hydrogens is 216 g/mol. The first kappa shape index (κ1) is 13.5. The Kier molecular flexibility index (Phi) is 5.43. The van der Waals surface area contributed by atoms with Gasteiger partial charge in [0.05, 0.1) is 19.8 Å². The van der Waals surface area contributed by atoms with Crippen molar-refractivity contribution in [2.24, 2.45) is 0 Å². The molecule has 0 aliphatic carbocycles. The van der Waals surface area contributed by atoms with Gasteiger partial charge >= 0.3 is 5.97 Å². The lowest BCUT2D eigenvalue weighted by atomic mass is 10.1. The fourth-order valence-corrected chi connectivity index (χ4v) is 1.32. The summed E-state index contributed by atoms with van der Waals surface area (Å²) in [6, 6.07) is 9.67. The van der Waals surface area contributed by atoms with Gasteiger partial charge in [-0.3, -0.25) is 0 Å². The molecule has 1 aromatic rings. The number of carbonyl (C=O) groups excluding carboxylic acids is 1. The number of hydrogen-bond acceptors (Lipinski definition) is 3. The van der Waals surface area contributed by atoms with Crippen molar-refractivity contribution in [2.45, 2.75) is 20.0 Å². The van der Waals surface area contributed by atoms with Gasteiger partial charge < -0.3 is 9.47 Å². The molecule has 0 heterocycles. The van der Waals surface area contributed by atoms with E-state index < -0.39 is 0 Å². The summed E-state index contributed by atoms with van der Waals surface area (Å²) in [5.74, 6) is -0.365. The van der Waals surface area contributed by atoms with Crippen LogP contribution in [0, 0.1) is 0 Å². The first-order valence-electron chi connectivity index (χ1n) is 5.59. The Labute approximate surface area is 102 Å². The molecule has 3 nitrogen and oxygen atoms in total. The zero-order chi connectivity index (χ0) is 12.7. The summed E-state index contributed by atoms with van der Waals surface area (Å²) in [7, 11) is 1.37. The molecule has 3 heteroatoms. The molecule has 0 spiro atoms. The van der Waals surface area contributed by atoms with Crippen molar-refractivity contribution in [3.63, 3.8) is 0 Å². The predicted octanol–water partition coefficient (Wildman–Crippen LogP) is 2.67. The zero-order valence-electron chi connectivity index (χ0n) is 10.5. The van der Waals surface area contributed by atoms with E-state index in [-0.39, 0.29) is 12.1 Å². The van der Waals surface area contributed by atoms with Gasteiger partial charge in [0, 0.05) is 6.08 Å². The molecule has 1 aromatic carbocycles. The second-order valence-corrected chi connectivity index (χ2v) is 3.92. The zero-order valence-corrected chi connectivity index (χ0v) is 10.5. The van der Waals surface area contributed by atoms with Gasteiger partial charge in [0.25, 0.3) is 0 Å². The highest BCUT2D eigenvalue weighted by Crippen LogP contribution is 2.15. The van der Waals surface area contributed by atoms with Crippen molar-refractivity contribution in [1.82, 2.24) is 0 Å². The van der Waals surface area contributed by atoms with E-state index in [9.17, 15) is 4.79 Å². The molecule has 92 valence electrons. The van der Waals surface area contributed by atoms with Gasteiger partial charge in [0.1, 0.15) is 0 Å². The van der Waals surface area contributed by atoms with Crippen LogP contribution in [-0.4, -0.2) is 25.8 Å². The summed E-state index contributed by atoms with van der Waals surface area (Å²) in [6.45, 7) is 4.32. The Balaban J connectivity index is 2.87. The summed E-state index contributed by atoms with van der Waals surface area (Å²) in [5, 5.41) is 0. The average Bonchev–Trinajstić information content (AvgIpc) is 2.35. The highest BCUT2D eigenvalue weighted by Gasteiger charge is 2.06. The van der Waals surface area contributed by atoms with Gasteiger partial charge in [-0.25, -0.2) is 4.79 Å². The molecule has 0 saturated carbocycles. The van der Waals surface area contributed by atoms with Crippen LogP contribution in [0.25, 0.3) is 5.57 Å². The molecule has 0 amide bonds. The molecular formula is C14H18O3. The minimum absolute atomic E-state index is 0.125. The van der Waals surface area contributed by atoms with E-state index in [1.54, 1.807) is 0 Å². The fraction of sp³-hybridized carbons (Fsp3) is 0.357. The maximum atomic E-state index is 11.3. The molecule has 0 unspecified atom stereocenters. The van der Waals surface area contributed by atoms with Crippen molar-refractivity contribution in [3.8, 4) is 0 Å². The highest BCUT2D eigenvalue weighted by atomic mass is 16.5. The lowest BCUT2D eigenvalue weighted by Gasteiger charge is -2.11.